The van der Waals surface area contributed by atoms with Crippen LogP contribution in [-0.2, 0) is 14.0 Å². The quantitative estimate of drug-likeness (QED) is 0.423. The second-order valence-electron chi connectivity index (χ2n) is 5.36. The molecule has 15 heavy (non-hydrogen) atoms. The first-order valence-corrected chi connectivity index (χ1v) is 8.54. The van der Waals surface area contributed by atoms with Crippen molar-refractivity contribution >= 4 is 14.3 Å². The highest BCUT2D eigenvalue weighted by Crippen LogP contribution is 2.07. The minimum absolute atomic E-state index is 0.318. The summed E-state index contributed by atoms with van der Waals surface area (Å²) in [6, 6.07) is 0. The summed E-state index contributed by atoms with van der Waals surface area (Å²) in [6.45, 7) is 12.3. The number of rotatable bonds is 4. The largest absolute Gasteiger partial charge is 0.457 e. The molecule has 0 saturated heterocycles. The van der Waals surface area contributed by atoms with Crippen LogP contribution >= 0.6 is 0 Å². The van der Waals surface area contributed by atoms with Crippen LogP contribution in [0.25, 0.3) is 0 Å². The van der Waals surface area contributed by atoms with E-state index in [4.69, 9.17) is 9.16 Å². The van der Waals surface area contributed by atoms with Crippen molar-refractivity contribution in [1.82, 2.24) is 0 Å². The molecule has 0 radical (unpaired) electrons. The van der Waals surface area contributed by atoms with E-state index >= 15 is 0 Å². The Kier molecular flexibility index (Phi) is 5.24. The summed E-state index contributed by atoms with van der Waals surface area (Å²) in [5.74, 6) is -0.318. The van der Waals surface area contributed by atoms with Gasteiger partial charge < -0.3 is 9.16 Å². The van der Waals surface area contributed by atoms with Crippen molar-refractivity contribution in [2.24, 2.45) is 0 Å². The second-order valence-corrected chi connectivity index (χ2v) is 9.87. The zero-order valence-electron chi connectivity index (χ0n) is 10.6. The molecule has 0 N–H and O–H groups in total. The highest BCUT2D eigenvalue weighted by Gasteiger charge is 2.14. The van der Waals surface area contributed by atoms with E-state index in [1.54, 1.807) is 6.08 Å². The summed E-state index contributed by atoms with van der Waals surface area (Å²) in [4.78, 5) is 11.2. The average molecular weight is 230 g/mol. The van der Waals surface area contributed by atoms with Crippen LogP contribution in [0.5, 0.6) is 0 Å². The van der Waals surface area contributed by atoms with Crippen LogP contribution in [-0.4, -0.2) is 26.5 Å². The molecule has 0 atom stereocenters. The minimum Gasteiger partial charge on any atom is -0.457 e. The van der Waals surface area contributed by atoms with Crippen molar-refractivity contribution in [3.05, 3.63) is 12.2 Å². The Morgan fingerprint density at radius 3 is 2.20 bits per heavy atom. The first-order chi connectivity index (χ1) is 6.60. The van der Waals surface area contributed by atoms with Crippen LogP contribution in [0.2, 0.25) is 19.6 Å². The Morgan fingerprint density at radius 2 is 1.80 bits per heavy atom. The topological polar surface area (TPSA) is 35.5 Å². The molecule has 0 aromatic heterocycles. The maximum absolute atomic E-state index is 11.2. The number of hydrogen-bond acceptors (Lipinski definition) is 3. The van der Waals surface area contributed by atoms with Gasteiger partial charge in [0.05, 0.1) is 6.61 Å². The van der Waals surface area contributed by atoms with E-state index in [1.165, 1.54) is 6.08 Å². The van der Waals surface area contributed by atoms with Crippen molar-refractivity contribution < 1.29 is 14.0 Å². The molecule has 0 amide bonds. The first kappa shape index (κ1) is 14.4. The van der Waals surface area contributed by atoms with Gasteiger partial charge in [-0.25, -0.2) is 4.79 Å². The summed E-state index contributed by atoms with van der Waals surface area (Å²) < 4.78 is 10.7. The van der Waals surface area contributed by atoms with Crippen molar-refractivity contribution in [1.29, 1.82) is 0 Å². The van der Waals surface area contributed by atoms with Gasteiger partial charge in [-0.3, -0.25) is 0 Å². The lowest BCUT2D eigenvalue weighted by atomic mass is 10.2. The lowest BCUT2D eigenvalue weighted by molar-refractivity contribution is -0.148. The Morgan fingerprint density at radius 1 is 1.27 bits per heavy atom. The van der Waals surface area contributed by atoms with E-state index in [2.05, 4.69) is 19.6 Å². The third-order valence-electron chi connectivity index (χ3n) is 1.27. The fraction of sp³-hybridized carbons (Fsp3) is 0.727. The Hall–Kier alpha value is -0.613. The van der Waals surface area contributed by atoms with Gasteiger partial charge in [0.1, 0.15) is 5.60 Å². The van der Waals surface area contributed by atoms with Gasteiger partial charge in [-0.2, -0.15) is 0 Å². The molecule has 0 saturated carbocycles. The van der Waals surface area contributed by atoms with Crippen LogP contribution < -0.4 is 0 Å². The Balaban J connectivity index is 3.84. The monoisotopic (exact) mass is 230 g/mol. The molecule has 0 aromatic carbocycles. The van der Waals surface area contributed by atoms with Crippen LogP contribution in [0.15, 0.2) is 12.2 Å². The molecule has 88 valence electrons. The maximum Gasteiger partial charge on any atom is 0.331 e. The van der Waals surface area contributed by atoms with Crippen LogP contribution in [0, 0.1) is 0 Å². The maximum atomic E-state index is 11.2. The zero-order valence-corrected chi connectivity index (χ0v) is 11.6. The highest BCUT2D eigenvalue weighted by molar-refractivity contribution is 6.69. The number of esters is 1. The molecule has 0 rings (SSSR count). The molecular formula is C11H22O3Si. The summed E-state index contributed by atoms with van der Waals surface area (Å²) in [7, 11) is -1.48. The van der Waals surface area contributed by atoms with E-state index in [0.29, 0.717) is 6.61 Å². The van der Waals surface area contributed by atoms with Gasteiger partial charge in [-0.15, -0.1) is 0 Å². The molecule has 0 spiro atoms. The van der Waals surface area contributed by atoms with Gasteiger partial charge in [0.2, 0.25) is 0 Å². The SMILES string of the molecule is CC(C)(C)OC(=O)C=CCO[Si](C)(C)C. The molecule has 0 heterocycles. The minimum atomic E-state index is -1.48. The molecule has 0 bridgehead atoms. The van der Waals surface area contributed by atoms with Crippen molar-refractivity contribution in [2.75, 3.05) is 6.61 Å². The lowest BCUT2D eigenvalue weighted by Crippen LogP contribution is -2.25. The third kappa shape index (κ3) is 11.3. The van der Waals surface area contributed by atoms with E-state index < -0.39 is 13.9 Å². The summed E-state index contributed by atoms with van der Waals surface area (Å²) in [6.07, 6.45) is 3.12. The molecular weight excluding hydrogens is 208 g/mol. The van der Waals surface area contributed by atoms with Gasteiger partial charge in [-0.05, 0) is 40.4 Å². The Bertz CT molecular complexity index is 233. The van der Waals surface area contributed by atoms with Gasteiger partial charge in [0.15, 0.2) is 8.32 Å². The molecule has 0 aliphatic carbocycles. The Labute approximate surface area is 93.6 Å². The smallest absolute Gasteiger partial charge is 0.331 e. The fourth-order valence-electron chi connectivity index (χ4n) is 0.778. The number of carbonyl (C=O) groups excluding carboxylic acids is 1. The summed E-state index contributed by atoms with van der Waals surface area (Å²) in [5, 5.41) is 0. The lowest BCUT2D eigenvalue weighted by Gasteiger charge is -2.18. The van der Waals surface area contributed by atoms with Crippen LogP contribution in [0.4, 0.5) is 0 Å². The van der Waals surface area contributed by atoms with Gasteiger partial charge in [0.25, 0.3) is 0 Å². The molecule has 0 aliphatic heterocycles. The van der Waals surface area contributed by atoms with Gasteiger partial charge in [-0.1, -0.05) is 6.08 Å². The van der Waals surface area contributed by atoms with Crippen LogP contribution in [0.3, 0.4) is 0 Å². The standard InChI is InChI=1S/C11H22O3Si/c1-11(2,3)14-10(12)8-7-9-13-15(4,5)6/h7-8H,9H2,1-6H3. The molecule has 3 nitrogen and oxygen atoms in total. The van der Waals surface area contributed by atoms with Crippen molar-refractivity contribution in [3.63, 3.8) is 0 Å². The third-order valence-corrected chi connectivity index (χ3v) is 2.31. The molecule has 4 heteroatoms. The van der Waals surface area contributed by atoms with Gasteiger partial charge in [0, 0.05) is 6.08 Å². The number of carbonyl (C=O) groups is 1. The average Bonchev–Trinajstić information content (AvgIpc) is 1.92. The van der Waals surface area contributed by atoms with E-state index in [0.717, 1.165) is 0 Å². The highest BCUT2D eigenvalue weighted by atomic mass is 28.4. The normalized spacial score (nSPS) is 13.2. The summed E-state index contributed by atoms with van der Waals surface area (Å²) >= 11 is 0. The van der Waals surface area contributed by atoms with E-state index in [-0.39, 0.29) is 5.97 Å². The molecule has 0 aromatic rings. The number of hydrogen-bond donors (Lipinski definition) is 0. The van der Waals surface area contributed by atoms with E-state index in [1.807, 2.05) is 20.8 Å². The molecule has 0 aliphatic rings. The van der Waals surface area contributed by atoms with E-state index in [9.17, 15) is 4.79 Å². The summed E-state index contributed by atoms with van der Waals surface area (Å²) in [5.41, 5.74) is -0.430. The van der Waals surface area contributed by atoms with Gasteiger partial charge >= 0.3 is 5.97 Å². The molecule has 0 fully saturated rings. The predicted octanol–water partition coefficient (Wildman–Crippen LogP) is 2.74. The number of ether oxygens (including phenoxy) is 1. The molecule has 0 unspecified atom stereocenters. The van der Waals surface area contributed by atoms with Crippen molar-refractivity contribution in [3.8, 4) is 0 Å². The first-order valence-electron chi connectivity index (χ1n) is 5.14. The predicted molar refractivity (Wildman–Crippen MR) is 64.3 cm³/mol. The fourth-order valence-corrected chi connectivity index (χ4v) is 1.37. The zero-order chi connectivity index (χ0) is 12.1. The van der Waals surface area contributed by atoms with Crippen LogP contribution in [0.1, 0.15) is 20.8 Å². The second kappa shape index (κ2) is 5.46. The van der Waals surface area contributed by atoms with Crippen molar-refractivity contribution in [2.45, 2.75) is 46.0 Å².